The molecule has 1 aromatic carbocycles. The van der Waals surface area contributed by atoms with Gasteiger partial charge in [0.05, 0.1) is 5.01 Å². The van der Waals surface area contributed by atoms with Gasteiger partial charge in [-0.3, -0.25) is 4.79 Å². The summed E-state index contributed by atoms with van der Waals surface area (Å²) in [5, 5.41) is 9.26. The van der Waals surface area contributed by atoms with Gasteiger partial charge in [-0.25, -0.2) is 9.78 Å². The number of aromatic nitrogens is 1. The van der Waals surface area contributed by atoms with Gasteiger partial charge in [-0.1, -0.05) is 13.0 Å². The highest BCUT2D eigenvalue weighted by molar-refractivity contribution is 7.11. The molecular formula is C16H20N4O2S. The predicted octanol–water partition coefficient (Wildman–Crippen LogP) is 3.34. The van der Waals surface area contributed by atoms with Crippen molar-refractivity contribution in [1.29, 1.82) is 0 Å². The zero-order chi connectivity index (χ0) is 16.8. The number of rotatable bonds is 5. The number of aryl methyl sites for hydroxylation is 1. The summed E-state index contributed by atoms with van der Waals surface area (Å²) in [6.45, 7) is 5.98. The largest absolute Gasteiger partial charge is 0.337 e. The van der Waals surface area contributed by atoms with Crippen molar-refractivity contribution in [3.63, 3.8) is 0 Å². The quantitative estimate of drug-likeness (QED) is 0.785. The van der Waals surface area contributed by atoms with Crippen molar-refractivity contribution in [3.05, 3.63) is 40.3 Å². The zero-order valence-electron chi connectivity index (χ0n) is 13.3. The molecule has 0 aliphatic rings. The number of amides is 3. The van der Waals surface area contributed by atoms with Crippen molar-refractivity contribution >= 4 is 34.6 Å². The third-order valence-electron chi connectivity index (χ3n) is 3.07. The standard InChI is InChI=1S/C16H20N4O2S/c1-10(15-17-9-11(2)23-15)8-18-16(22)20-14-6-4-5-13(7-14)19-12(3)21/h4-7,9-10H,8H2,1-3H3,(H,19,21)(H2,18,20,22). The van der Waals surface area contributed by atoms with Crippen molar-refractivity contribution in [2.75, 3.05) is 17.2 Å². The Balaban J connectivity index is 1.86. The van der Waals surface area contributed by atoms with E-state index >= 15 is 0 Å². The van der Waals surface area contributed by atoms with Crippen LogP contribution in [-0.4, -0.2) is 23.5 Å². The van der Waals surface area contributed by atoms with Gasteiger partial charge in [0.1, 0.15) is 0 Å². The monoisotopic (exact) mass is 332 g/mol. The van der Waals surface area contributed by atoms with Crippen LogP contribution in [0.1, 0.15) is 29.7 Å². The van der Waals surface area contributed by atoms with Crippen LogP contribution >= 0.6 is 11.3 Å². The Labute approximate surface area is 139 Å². The number of anilines is 2. The lowest BCUT2D eigenvalue weighted by molar-refractivity contribution is -0.114. The number of nitrogens with one attached hydrogen (secondary N) is 3. The minimum absolute atomic E-state index is 0.154. The summed E-state index contributed by atoms with van der Waals surface area (Å²) in [5.74, 6) is 0.00401. The fraction of sp³-hybridized carbons (Fsp3) is 0.312. The van der Waals surface area contributed by atoms with Gasteiger partial charge < -0.3 is 16.0 Å². The van der Waals surface area contributed by atoms with Gasteiger partial charge in [0.2, 0.25) is 5.91 Å². The predicted molar refractivity (Wildman–Crippen MR) is 93.0 cm³/mol. The maximum absolute atomic E-state index is 12.0. The van der Waals surface area contributed by atoms with Gasteiger partial charge in [0.25, 0.3) is 0 Å². The van der Waals surface area contributed by atoms with Crippen molar-refractivity contribution in [3.8, 4) is 0 Å². The molecule has 0 saturated carbocycles. The number of carbonyl (C=O) groups excluding carboxylic acids is 2. The van der Waals surface area contributed by atoms with Crippen LogP contribution in [0.3, 0.4) is 0 Å². The number of hydrogen-bond acceptors (Lipinski definition) is 4. The molecule has 1 heterocycles. The molecule has 2 aromatic rings. The first-order valence-electron chi connectivity index (χ1n) is 7.29. The Morgan fingerprint density at radius 2 is 1.96 bits per heavy atom. The van der Waals surface area contributed by atoms with Crippen LogP contribution in [0.4, 0.5) is 16.2 Å². The summed E-state index contributed by atoms with van der Waals surface area (Å²) in [7, 11) is 0. The fourth-order valence-corrected chi connectivity index (χ4v) is 2.81. The molecule has 0 radical (unpaired) electrons. The molecule has 0 saturated heterocycles. The molecule has 122 valence electrons. The highest BCUT2D eigenvalue weighted by Crippen LogP contribution is 2.20. The lowest BCUT2D eigenvalue weighted by atomic mass is 10.2. The molecule has 23 heavy (non-hydrogen) atoms. The van der Waals surface area contributed by atoms with E-state index in [1.807, 2.05) is 20.0 Å². The first-order chi connectivity index (χ1) is 10.9. The second-order valence-corrected chi connectivity index (χ2v) is 6.57. The zero-order valence-corrected chi connectivity index (χ0v) is 14.2. The third-order valence-corrected chi connectivity index (χ3v) is 4.21. The first kappa shape index (κ1) is 17.0. The molecule has 0 fully saturated rings. The van der Waals surface area contributed by atoms with E-state index in [1.54, 1.807) is 35.6 Å². The van der Waals surface area contributed by atoms with E-state index < -0.39 is 0 Å². The Kier molecular flexibility index (Phi) is 5.70. The van der Waals surface area contributed by atoms with Crippen molar-refractivity contribution in [1.82, 2.24) is 10.3 Å². The highest BCUT2D eigenvalue weighted by Gasteiger charge is 2.11. The van der Waals surface area contributed by atoms with Gasteiger partial charge in [-0.05, 0) is 25.1 Å². The third kappa shape index (κ3) is 5.37. The summed E-state index contributed by atoms with van der Waals surface area (Å²) in [6, 6.07) is 6.71. The highest BCUT2D eigenvalue weighted by atomic mass is 32.1. The Morgan fingerprint density at radius 3 is 2.57 bits per heavy atom. The van der Waals surface area contributed by atoms with Gasteiger partial charge in [-0.15, -0.1) is 11.3 Å². The molecule has 1 atom stereocenters. The molecule has 6 nitrogen and oxygen atoms in total. The topological polar surface area (TPSA) is 83.1 Å². The van der Waals surface area contributed by atoms with E-state index in [-0.39, 0.29) is 17.9 Å². The van der Waals surface area contributed by atoms with E-state index in [1.165, 1.54) is 6.92 Å². The fourth-order valence-electron chi connectivity index (χ4n) is 1.99. The number of urea groups is 1. The summed E-state index contributed by atoms with van der Waals surface area (Å²) >= 11 is 1.64. The van der Waals surface area contributed by atoms with Crippen LogP contribution in [0.15, 0.2) is 30.5 Å². The molecule has 2 rings (SSSR count). The smallest absolute Gasteiger partial charge is 0.319 e. The average molecular weight is 332 g/mol. The van der Waals surface area contributed by atoms with Crippen LogP contribution < -0.4 is 16.0 Å². The van der Waals surface area contributed by atoms with Crippen LogP contribution in [0.5, 0.6) is 0 Å². The van der Waals surface area contributed by atoms with E-state index in [4.69, 9.17) is 0 Å². The van der Waals surface area contributed by atoms with Crippen molar-refractivity contribution < 1.29 is 9.59 Å². The van der Waals surface area contributed by atoms with E-state index in [2.05, 4.69) is 20.9 Å². The van der Waals surface area contributed by atoms with Gasteiger partial charge in [0.15, 0.2) is 0 Å². The summed E-state index contributed by atoms with van der Waals surface area (Å²) in [5.41, 5.74) is 1.26. The summed E-state index contributed by atoms with van der Waals surface area (Å²) < 4.78 is 0. The molecular weight excluding hydrogens is 312 g/mol. The van der Waals surface area contributed by atoms with Crippen LogP contribution in [0.25, 0.3) is 0 Å². The second-order valence-electron chi connectivity index (χ2n) is 5.31. The SMILES string of the molecule is CC(=O)Nc1cccc(NC(=O)NCC(C)c2ncc(C)s2)c1. The van der Waals surface area contributed by atoms with Crippen LogP contribution in [0, 0.1) is 6.92 Å². The number of benzene rings is 1. The molecule has 1 aromatic heterocycles. The van der Waals surface area contributed by atoms with Crippen molar-refractivity contribution in [2.24, 2.45) is 0 Å². The second kappa shape index (κ2) is 7.73. The number of thiazole rings is 1. The number of carbonyl (C=O) groups is 2. The molecule has 3 amide bonds. The lowest BCUT2D eigenvalue weighted by Crippen LogP contribution is -2.31. The van der Waals surface area contributed by atoms with Gasteiger partial charge in [-0.2, -0.15) is 0 Å². The Bertz CT molecular complexity index is 699. The van der Waals surface area contributed by atoms with Crippen molar-refractivity contribution in [2.45, 2.75) is 26.7 Å². The summed E-state index contributed by atoms with van der Waals surface area (Å²) in [6.07, 6.45) is 1.84. The molecule has 1 unspecified atom stereocenters. The molecule has 3 N–H and O–H groups in total. The van der Waals surface area contributed by atoms with E-state index in [9.17, 15) is 9.59 Å². The maximum Gasteiger partial charge on any atom is 0.319 e. The summed E-state index contributed by atoms with van der Waals surface area (Å²) in [4.78, 5) is 28.5. The Morgan fingerprint density at radius 1 is 1.26 bits per heavy atom. The van der Waals surface area contributed by atoms with Gasteiger partial charge >= 0.3 is 6.03 Å². The molecule has 0 bridgehead atoms. The minimum atomic E-state index is -0.287. The molecule has 0 spiro atoms. The number of hydrogen-bond donors (Lipinski definition) is 3. The Hall–Kier alpha value is -2.41. The maximum atomic E-state index is 12.0. The van der Waals surface area contributed by atoms with E-state index in [0.29, 0.717) is 17.9 Å². The first-order valence-corrected chi connectivity index (χ1v) is 8.10. The number of nitrogens with zero attached hydrogens (tertiary/aromatic N) is 1. The average Bonchev–Trinajstić information content (AvgIpc) is 2.91. The molecule has 0 aliphatic carbocycles. The van der Waals surface area contributed by atoms with Crippen LogP contribution in [0.2, 0.25) is 0 Å². The normalized spacial score (nSPS) is 11.6. The van der Waals surface area contributed by atoms with E-state index in [0.717, 1.165) is 9.88 Å². The van der Waals surface area contributed by atoms with Crippen LogP contribution in [-0.2, 0) is 4.79 Å². The van der Waals surface area contributed by atoms with Gasteiger partial charge in [0, 0.05) is 41.8 Å². The lowest BCUT2D eigenvalue weighted by Gasteiger charge is -2.12. The molecule has 0 aliphatic heterocycles. The minimum Gasteiger partial charge on any atom is -0.337 e. The molecule has 7 heteroatoms.